The predicted molar refractivity (Wildman–Crippen MR) is 101 cm³/mol. The molecule has 2 heterocycles. The van der Waals surface area contributed by atoms with Crippen molar-refractivity contribution in [3.05, 3.63) is 63.5 Å². The highest BCUT2D eigenvalue weighted by Gasteiger charge is 2.18. The first-order valence-electron chi connectivity index (χ1n) is 7.93. The zero-order valence-electron chi connectivity index (χ0n) is 14.2. The summed E-state index contributed by atoms with van der Waals surface area (Å²) in [6.45, 7) is 8.14. The topological polar surface area (TPSA) is 46.4 Å². The normalized spacial score (nSPS) is 11.2. The number of nitrogens with one attached hydrogen (secondary N) is 1. The number of fused-ring (bicyclic) bond motifs is 1. The van der Waals surface area contributed by atoms with Crippen LogP contribution in [0.5, 0.6) is 0 Å². The van der Waals surface area contributed by atoms with E-state index >= 15 is 0 Å². The van der Waals surface area contributed by atoms with Gasteiger partial charge in [-0.2, -0.15) is 0 Å². The Morgan fingerprint density at radius 3 is 2.50 bits per heavy atom. The predicted octanol–water partition coefficient (Wildman–Crippen LogP) is 5.09. The third-order valence-corrected chi connectivity index (χ3v) is 4.53. The molecule has 1 amide bonds. The molecule has 0 aliphatic rings. The highest BCUT2D eigenvalue weighted by atomic mass is 79.9. The van der Waals surface area contributed by atoms with Crippen LogP contribution in [0.3, 0.4) is 0 Å². The number of carbonyl (C=O) groups is 1. The molecule has 3 rings (SSSR count). The molecule has 0 aliphatic carbocycles. The van der Waals surface area contributed by atoms with Crippen molar-refractivity contribution in [2.45, 2.75) is 33.6 Å². The lowest BCUT2D eigenvalue weighted by molar-refractivity contribution is 0.102. The Balaban J connectivity index is 1.95. The number of imidazole rings is 1. The zero-order chi connectivity index (χ0) is 17.4. The molecule has 2 aromatic heterocycles. The molecule has 124 valence electrons. The van der Waals surface area contributed by atoms with Gasteiger partial charge >= 0.3 is 0 Å². The summed E-state index contributed by atoms with van der Waals surface area (Å²) in [4.78, 5) is 17.3. The molecule has 0 unspecified atom stereocenters. The quantitative estimate of drug-likeness (QED) is 0.682. The molecule has 0 bridgehead atoms. The summed E-state index contributed by atoms with van der Waals surface area (Å²) in [6, 6.07) is 9.96. The Hall–Kier alpha value is -2.14. The molecule has 3 aromatic rings. The fourth-order valence-corrected chi connectivity index (χ4v) is 3.35. The fourth-order valence-electron chi connectivity index (χ4n) is 2.80. The standard InChI is InChI=1S/C19H20BrN3O/c1-11(2)14-5-7-16(8-6-14)22-19(24)17-13(4)21-18-12(3)9-15(20)10-23(17)18/h5-11H,1-4H3,(H,22,24). The molecule has 0 saturated carbocycles. The molecule has 5 heteroatoms. The number of nitrogens with zero attached hydrogens (tertiary/aromatic N) is 2. The second kappa shape index (κ2) is 6.40. The molecule has 0 radical (unpaired) electrons. The van der Waals surface area contributed by atoms with Crippen LogP contribution in [0, 0.1) is 13.8 Å². The molecule has 0 saturated heterocycles. The minimum atomic E-state index is -0.158. The lowest BCUT2D eigenvalue weighted by Gasteiger charge is -2.09. The summed E-state index contributed by atoms with van der Waals surface area (Å²) < 4.78 is 2.76. The Morgan fingerprint density at radius 2 is 1.88 bits per heavy atom. The van der Waals surface area contributed by atoms with E-state index in [0.717, 1.165) is 21.4 Å². The first-order chi connectivity index (χ1) is 11.4. The van der Waals surface area contributed by atoms with Gasteiger partial charge in [-0.1, -0.05) is 26.0 Å². The van der Waals surface area contributed by atoms with Gasteiger partial charge in [0, 0.05) is 16.4 Å². The van der Waals surface area contributed by atoms with Crippen LogP contribution in [0.25, 0.3) is 5.65 Å². The summed E-state index contributed by atoms with van der Waals surface area (Å²) in [5.41, 5.74) is 5.13. The van der Waals surface area contributed by atoms with Crippen molar-refractivity contribution in [3.63, 3.8) is 0 Å². The molecule has 4 nitrogen and oxygen atoms in total. The number of hydrogen-bond acceptors (Lipinski definition) is 2. The minimum absolute atomic E-state index is 0.158. The molecular formula is C19H20BrN3O. The number of aromatic nitrogens is 2. The molecule has 0 aliphatic heterocycles. The van der Waals surface area contributed by atoms with Gasteiger partial charge in [0.15, 0.2) is 0 Å². The van der Waals surface area contributed by atoms with Gasteiger partial charge in [-0.15, -0.1) is 0 Å². The molecule has 1 N–H and O–H groups in total. The second-order valence-corrected chi connectivity index (χ2v) is 7.23. The number of carbonyl (C=O) groups excluding carboxylic acids is 1. The number of aryl methyl sites for hydroxylation is 2. The number of hydrogen-bond donors (Lipinski definition) is 1. The lowest BCUT2D eigenvalue weighted by Crippen LogP contribution is -2.15. The van der Waals surface area contributed by atoms with Crippen molar-refractivity contribution >= 4 is 33.2 Å². The van der Waals surface area contributed by atoms with E-state index in [4.69, 9.17) is 0 Å². The van der Waals surface area contributed by atoms with E-state index in [2.05, 4.69) is 40.1 Å². The van der Waals surface area contributed by atoms with Crippen LogP contribution in [-0.4, -0.2) is 15.3 Å². The smallest absolute Gasteiger partial charge is 0.274 e. The highest BCUT2D eigenvalue weighted by molar-refractivity contribution is 9.10. The largest absolute Gasteiger partial charge is 0.321 e. The van der Waals surface area contributed by atoms with Crippen LogP contribution in [0.4, 0.5) is 5.69 Å². The van der Waals surface area contributed by atoms with Gasteiger partial charge in [0.05, 0.1) is 5.69 Å². The summed E-state index contributed by atoms with van der Waals surface area (Å²) in [7, 11) is 0. The molecule has 0 fully saturated rings. The molecule has 0 atom stereocenters. The Morgan fingerprint density at radius 1 is 1.21 bits per heavy atom. The summed E-state index contributed by atoms with van der Waals surface area (Å²) >= 11 is 3.48. The van der Waals surface area contributed by atoms with Crippen LogP contribution in [0.2, 0.25) is 0 Å². The van der Waals surface area contributed by atoms with Gasteiger partial charge in [0.2, 0.25) is 0 Å². The minimum Gasteiger partial charge on any atom is -0.321 e. The molecule has 1 aromatic carbocycles. The van der Waals surface area contributed by atoms with E-state index in [1.807, 2.05) is 54.8 Å². The Bertz CT molecular complexity index is 911. The SMILES string of the molecule is Cc1nc2c(C)cc(Br)cn2c1C(=O)Nc1ccc(C(C)C)cc1. The first-order valence-corrected chi connectivity index (χ1v) is 8.72. The maximum atomic E-state index is 12.8. The fraction of sp³-hybridized carbons (Fsp3) is 0.263. The number of benzene rings is 1. The molecular weight excluding hydrogens is 366 g/mol. The van der Waals surface area contributed by atoms with E-state index in [-0.39, 0.29) is 5.91 Å². The van der Waals surface area contributed by atoms with Crippen LogP contribution in [0.1, 0.15) is 47.1 Å². The maximum Gasteiger partial charge on any atom is 0.274 e. The van der Waals surface area contributed by atoms with Gasteiger partial charge in [-0.25, -0.2) is 4.98 Å². The average Bonchev–Trinajstić information content (AvgIpc) is 2.84. The maximum absolute atomic E-state index is 12.8. The number of halogens is 1. The van der Waals surface area contributed by atoms with Crippen LogP contribution < -0.4 is 5.32 Å². The molecule has 24 heavy (non-hydrogen) atoms. The Labute approximate surface area is 150 Å². The van der Waals surface area contributed by atoms with Gasteiger partial charge in [-0.05, 0) is 65.0 Å². The zero-order valence-corrected chi connectivity index (χ0v) is 15.8. The van der Waals surface area contributed by atoms with E-state index < -0.39 is 0 Å². The summed E-state index contributed by atoms with van der Waals surface area (Å²) in [5, 5.41) is 2.97. The second-order valence-electron chi connectivity index (χ2n) is 6.31. The highest BCUT2D eigenvalue weighted by Crippen LogP contribution is 2.22. The van der Waals surface area contributed by atoms with Crippen molar-refractivity contribution in [2.24, 2.45) is 0 Å². The van der Waals surface area contributed by atoms with Crippen molar-refractivity contribution in [1.29, 1.82) is 0 Å². The number of rotatable bonds is 3. The van der Waals surface area contributed by atoms with Crippen molar-refractivity contribution < 1.29 is 4.79 Å². The van der Waals surface area contributed by atoms with Crippen molar-refractivity contribution in [3.8, 4) is 0 Å². The average molecular weight is 386 g/mol. The van der Waals surface area contributed by atoms with E-state index in [1.54, 1.807) is 0 Å². The van der Waals surface area contributed by atoms with Gasteiger partial charge in [0.1, 0.15) is 11.3 Å². The van der Waals surface area contributed by atoms with Crippen LogP contribution in [-0.2, 0) is 0 Å². The monoisotopic (exact) mass is 385 g/mol. The van der Waals surface area contributed by atoms with Gasteiger partial charge < -0.3 is 5.32 Å². The van der Waals surface area contributed by atoms with Crippen LogP contribution in [0.15, 0.2) is 41.0 Å². The van der Waals surface area contributed by atoms with Crippen molar-refractivity contribution in [1.82, 2.24) is 9.38 Å². The van der Waals surface area contributed by atoms with Gasteiger partial charge in [-0.3, -0.25) is 9.20 Å². The number of pyridine rings is 1. The molecule has 0 spiro atoms. The number of anilines is 1. The lowest BCUT2D eigenvalue weighted by atomic mass is 10.0. The van der Waals surface area contributed by atoms with E-state index in [0.29, 0.717) is 17.3 Å². The third kappa shape index (κ3) is 3.08. The summed E-state index contributed by atoms with van der Waals surface area (Å²) in [6.07, 6.45) is 1.87. The Kier molecular flexibility index (Phi) is 4.45. The van der Waals surface area contributed by atoms with E-state index in [9.17, 15) is 4.79 Å². The van der Waals surface area contributed by atoms with Crippen molar-refractivity contribution in [2.75, 3.05) is 5.32 Å². The first kappa shape index (κ1) is 16.7. The summed E-state index contributed by atoms with van der Waals surface area (Å²) in [5.74, 6) is 0.311. The van der Waals surface area contributed by atoms with E-state index in [1.165, 1.54) is 5.56 Å². The number of amides is 1. The van der Waals surface area contributed by atoms with Gasteiger partial charge in [0.25, 0.3) is 5.91 Å². The third-order valence-electron chi connectivity index (χ3n) is 4.10. The van der Waals surface area contributed by atoms with Crippen LogP contribution >= 0.6 is 15.9 Å².